The van der Waals surface area contributed by atoms with Gasteiger partial charge < -0.3 is 15.4 Å². The molecule has 1 aliphatic rings. The summed E-state index contributed by atoms with van der Waals surface area (Å²) in [5, 5.41) is 9.42. The van der Waals surface area contributed by atoms with Crippen LogP contribution in [0.15, 0.2) is 23.3 Å². The third-order valence-corrected chi connectivity index (χ3v) is 3.12. The summed E-state index contributed by atoms with van der Waals surface area (Å²) >= 11 is 0. The van der Waals surface area contributed by atoms with Gasteiger partial charge in [0.1, 0.15) is 0 Å². The normalized spacial score (nSPS) is 23.6. The van der Waals surface area contributed by atoms with Crippen LogP contribution in [0.5, 0.6) is 0 Å². The van der Waals surface area contributed by atoms with Gasteiger partial charge in [0.15, 0.2) is 11.2 Å². The molecule has 18 heavy (non-hydrogen) atoms. The number of hydrogen-bond acceptors (Lipinski definition) is 5. The van der Waals surface area contributed by atoms with Gasteiger partial charge in [-0.3, -0.25) is 9.78 Å². The van der Waals surface area contributed by atoms with Crippen LogP contribution in [-0.4, -0.2) is 30.7 Å². The Labute approximate surface area is 102 Å². The van der Waals surface area contributed by atoms with Gasteiger partial charge in [-0.2, -0.15) is 4.98 Å². The summed E-state index contributed by atoms with van der Waals surface area (Å²) in [5.74, 6) is 0.0778. The van der Waals surface area contributed by atoms with E-state index in [-0.39, 0.29) is 23.1 Å². The minimum Gasteiger partial charge on any atom is -0.389 e. The zero-order valence-electron chi connectivity index (χ0n) is 9.58. The molecule has 3 rings (SSSR count). The number of nitrogens with two attached hydrogens (primary N) is 1. The highest BCUT2D eigenvalue weighted by atomic mass is 16.3. The van der Waals surface area contributed by atoms with E-state index in [4.69, 9.17) is 5.73 Å². The molecule has 0 amide bonds. The summed E-state index contributed by atoms with van der Waals surface area (Å²) in [4.78, 5) is 22.2. The SMILES string of the molecule is Nc1nc2c(ncn2C2C=CC(O)CC2)c(=O)[nH]1. The van der Waals surface area contributed by atoms with Crippen LogP contribution >= 0.6 is 0 Å². The Morgan fingerprint density at radius 3 is 3.00 bits per heavy atom. The van der Waals surface area contributed by atoms with E-state index in [0.717, 1.165) is 6.42 Å². The predicted octanol–water partition coefficient (Wildman–Crippen LogP) is -0.0462. The number of hydrogen-bond donors (Lipinski definition) is 3. The van der Waals surface area contributed by atoms with Crippen molar-refractivity contribution in [1.82, 2.24) is 19.5 Å². The number of aromatic amines is 1. The molecule has 7 heteroatoms. The lowest BCUT2D eigenvalue weighted by atomic mass is 10.0. The van der Waals surface area contributed by atoms with Gasteiger partial charge in [0.05, 0.1) is 18.5 Å². The van der Waals surface area contributed by atoms with Gasteiger partial charge in [-0.1, -0.05) is 12.2 Å². The number of nitrogens with zero attached hydrogens (tertiary/aromatic N) is 3. The summed E-state index contributed by atoms with van der Waals surface area (Å²) in [6.07, 6.45) is 6.29. The Morgan fingerprint density at radius 2 is 2.28 bits per heavy atom. The molecule has 4 N–H and O–H groups in total. The number of nitrogen functional groups attached to an aromatic ring is 1. The summed E-state index contributed by atoms with van der Waals surface area (Å²) < 4.78 is 1.81. The molecule has 0 saturated carbocycles. The molecule has 2 heterocycles. The fraction of sp³-hybridized carbons (Fsp3) is 0.364. The summed E-state index contributed by atoms with van der Waals surface area (Å²) in [5.41, 5.74) is 5.96. The lowest BCUT2D eigenvalue weighted by molar-refractivity contribution is 0.195. The Hall–Kier alpha value is -2.15. The maximum atomic E-state index is 11.6. The van der Waals surface area contributed by atoms with E-state index in [0.29, 0.717) is 12.1 Å². The standard InChI is InChI=1S/C11H13N5O2/c12-11-14-9-8(10(18)15-11)13-5-16(9)6-1-3-7(17)4-2-6/h1,3,5-7,17H,2,4H2,(H3,12,14,15,18). The number of aliphatic hydroxyl groups is 1. The molecule has 2 atom stereocenters. The molecule has 94 valence electrons. The van der Waals surface area contributed by atoms with E-state index in [1.165, 1.54) is 0 Å². The first-order valence-electron chi connectivity index (χ1n) is 5.74. The predicted molar refractivity (Wildman–Crippen MR) is 66.0 cm³/mol. The van der Waals surface area contributed by atoms with Crippen LogP contribution in [0.1, 0.15) is 18.9 Å². The van der Waals surface area contributed by atoms with Gasteiger partial charge in [0.2, 0.25) is 5.95 Å². The molecule has 2 unspecified atom stereocenters. The van der Waals surface area contributed by atoms with Gasteiger partial charge in [0, 0.05) is 0 Å². The molecular formula is C11H13N5O2. The van der Waals surface area contributed by atoms with Crippen molar-refractivity contribution in [2.45, 2.75) is 25.0 Å². The molecule has 0 radical (unpaired) electrons. The fourth-order valence-electron chi connectivity index (χ4n) is 2.21. The maximum absolute atomic E-state index is 11.6. The monoisotopic (exact) mass is 247 g/mol. The smallest absolute Gasteiger partial charge is 0.280 e. The molecular weight excluding hydrogens is 234 g/mol. The van der Waals surface area contributed by atoms with Gasteiger partial charge in [-0.25, -0.2) is 4.98 Å². The molecule has 0 spiro atoms. The molecule has 1 aliphatic carbocycles. The van der Waals surface area contributed by atoms with Gasteiger partial charge in [-0.05, 0) is 12.8 Å². The lowest BCUT2D eigenvalue weighted by Gasteiger charge is -2.20. The molecule has 0 aromatic carbocycles. The summed E-state index contributed by atoms with van der Waals surface area (Å²) in [6, 6.07) is 0.0482. The Kier molecular flexibility index (Phi) is 2.41. The van der Waals surface area contributed by atoms with Gasteiger partial charge in [0.25, 0.3) is 5.56 Å². The van der Waals surface area contributed by atoms with Crippen LogP contribution in [0.4, 0.5) is 5.95 Å². The first kappa shape index (κ1) is 11.0. The third-order valence-electron chi connectivity index (χ3n) is 3.12. The highest BCUT2D eigenvalue weighted by molar-refractivity contribution is 5.70. The molecule has 2 aromatic rings. The van der Waals surface area contributed by atoms with Crippen molar-refractivity contribution >= 4 is 17.1 Å². The second-order valence-electron chi connectivity index (χ2n) is 4.37. The maximum Gasteiger partial charge on any atom is 0.280 e. The van der Waals surface area contributed by atoms with Crippen molar-refractivity contribution in [2.75, 3.05) is 5.73 Å². The highest BCUT2D eigenvalue weighted by Gasteiger charge is 2.19. The van der Waals surface area contributed by atoms with Crippen LogP contribution in [-0.2, 0) is 0 Å². The van der Waals surface area contributed by atoms with Crippen molar-refractivity contribution in [2.24, 2.45) is 0 Å². The van der Waals surface area contributed by atoms with Crippen LogP contribution < -0.4 is 11.3 Å². The van der Waals surface area contributed by atoms with Gasteiger partial charge >= 0.3 is 0 Å². The van der Waals surface area contributed by atoms with E-state index in [9.17, 15) is 9.90 Å². The largest absolute Gasteiger partial charge is 0.389 e. The zero-order chi connectivity index (χ0) is 12.7. The van der Waals surface area contributed by atoms with Crippen molar-refractivity contribution in [1.29, 1.82) is 0 Å². The highest BCUT2D eigenvalue weighted by Crippen LogP contribution is 2.24. The third kappa shape index (κ3) is 1.68. The number of nitrogens with one attached hydrogen (secondary N) is 1. The molecule has 0 aliphatic heterocycles. The average molecular weight is 247 g/mol. The number of fused-ring (bicyclic) bond motifs is 1. The first-order valence-corrected chi connectivity index (χ1v) is 5.74. The van der Waals surface area contributed by atoms with Crippen LogP contribution in [0.25, 0.3) is 11.2 Å². The number of anilines is 1. The second kappa shape index (κ2) is 3.95. The van der Waals surface area contributed by atoms with Crippen molar-refractivity contribution < 1.29 is 5.11 Å². The quantitative estimate of drug-likeness (QED) is 0.612. The Morgan fingerprint density at radius 1 is 1.44 bits per heavy atom. The number of rotatable bonds is 1. The minimum absolute atomic E-state index is 0.0482. The van der Waals surface area contributed by atoms with Crippen molar-refractivity contribution in [3.05, 3.63) is 28.8 Å². The van der Waals surface area contributed by atoms with Crippen molar-refractivity contribution in [3.8, 4) is 0 Å². The van der Waals surface area contributed by atoms with E-state index in [1.807, 2.05) is 10.6 Å². The molecule has 0 bridgehead atoms. The van der Waals surface area contributed by atoms with Crippen molar-refractivity contribution in [3.63, 3.8) is 0 Å². The first-order chi connectivity index (χ1) is 8.65. The van der Waals surface area contributed by atoms with Crippen LogP contribution in [0, 0.1) is 0 Å². The van der Waals surface area contributed by atoms with E-state index in [2.05, 4.69) is 15.0 Å². The van der Waals surface area contributed by atoms with E-state index in [1.54, 1.807) is 12.4 Å². The van der Waals surface area contributed by atoms with Crippen LogP contribution in [0.3, 0.4) is 0 Å². The molecule has 2 aromatic heterocycles. The number of aromatic nitrogens is 4. The molecule has 0 fully saturated rings. The fourth-order valence-corrected chi connectivity index (χ4v) is 2.21. The summed E-state index contributed by atoms with van der Waals surface area (Å²) in [7, 11) is 0. The topological polar surface area (TPSA) is 110 Å². The van der Waals surface area contributed by atoms with E-state index < -0.39 is 6.10 Å². The van der Waals surface area contributed by atoms with Gasteiger partial charge in [-0.15, -0.1) is 0 Å². The Balaban J connectivity index is 2.13. The zero-order valence-corrected chi connectivity index (χ0v) is 9.58. The number of imidazole rings is 1. The van der Waals surface area contributed by atoms with Crippen LogP contribution in [0.2, 0.25) is 0 Å². The second-order valence-corrected chi connectivity index (χ2v) is 4.37. The Bertz CT molecular complexity index is 672. The van der Waals surface area contributed by atoms with E-state index >= 15 is 0 Å². The lowest BCUT2D eigenvalue weighted by Crippen LogP contribution is -2.17. The molecule has 0 saturated heterocycles. The number of H-pyrrole nitrogens is 1. The minimum atomic E-state index is -0.391. The molecule has 7 nitrogen and oxygen atoms in total. The average Bonchev–Trinajstić information content (AvgIpc) is 2.74. The number of allylic oxidation sites excluding steroid dienone is 1. The number of aliphatic hydroxyl groups excluding tert-OH is 1. The summed E-state index contributed by atoms with van der Waals surface area (Å²) in [6.45, 7) is 0.